The number of carboxylic acid groups (broad SMARTS) is 1. The number of carboxylic acids is 1. The lowest BCUT2D eigenvalue weighted by Gasteiger charge is -2.26. The van der Waals surface area contributed by atoms with Crippen molar-refractivity contribution in [1.82, 2.24) is 4.72 Å². The van der Waals surface area contributed by atoms with Crippen molar-refractivity contribution in [2.75, 3.05) is 5.32 Å². The quantitative estimate of drug-likeness (QED) is 0.737. The molecule has 1 aliphatic heterocycles. The molecule has 0 saturated heterocycles. The predicted octanol–water partition coefficient (Wildman–Crippen LogP) is 2.87. The third-order valence-corrected chi connectivity index (χ3v) is 4.53. The van der Waals surface area contributed by atoms with E-state index in [1.165, 1.54) is 16.9 Å². The molecule has 1 aliphatic rings. The number of carbonyl (C=O) groups is 1. The van der Waals surface area contributed by atoms with Crippen molar-refractivity contribution >= 4 is 44.9 Å². The zero-order valence-electron chi connectivity index (χ0n) is 10.8. The number of hydrogen-bond acceptors (Lipinski definition) is 4. The van der Waals surface area contributed by atoms with E-state index >= 15 is 0 Å². The first-order valence-corrected chi connectivity index (χ1v) is 7.96. The number of anilines is 1. The second kappa shape index (κ2) is 5.86. The number of alkyl halides is 3. The molecular formula is C11H7Cl2F3N2O4S. The second-order valence-electron chi connectivity index (χ2n) is 4.40. The van der Waals surface area contributed by atoms with Gasteiger partial charge in [-0.1, -0.05) is 23.2 Å². The molecule has 2 rings (SSSR count). The van der Waals surface area contributed by atoms with Gasteiger partial charge in [0.25, 0.3) is 0 Å². The van der Waals surface area contributed by atoms with Crippen LogP contribution < -0.4 is 10.0 Å². The number of benzene rings is 1. The maximum atomic E-state index is 12.5. The van der Waals surface area contributed by atoms with Crippen LogP contribution in [0.3, 0.4) is 0 Å². The van der Waals surface area contributed by atoms with Crippen molar-refractivity contribution in [3.05, 3.63) is 39.5 Å². The van der Waals surface area contributed by atoms with Gasteiger partial charge < -0.3 is 10.4 Å². The molecule has 0 aromatic heterocycles. The summed E-state index contributed by atoms with van der Waals surface area (Å²) in [6, 6.07) is 0.778. The molecule has 0 amide bonds. The molecule has 0 saturated carbocycles. The molecule has 0 fully saturated rings. The van der Waals surface area contributed by atoms with Crippen LogP contribution in [0.1, 0.15) is 11.6 Å². The number of halogens is 5. The highest BCUT2D eigenvalue weighted by atomic mass is 35.5. The van der Waals surface area contributed by atoms with E-state index in [-0.39, 0.29) is 21.3 Å². The summed E-state index contributed by atoms with van der Waals surface area (Å²) in [5.41, 5.74) is -6.18. The van der Waals surface area contributed by atoms with Gasteiger partial charge in [-0.3, -0.25) is 0 Å². The van der Waals surface area contributed by atoms with E-state index in [4.69, 9.17) is 28.3 Å². The van der Waals surface area contributed by atoms with E-state index in [1.807, 2.05) is 0 Å². The lowest BCUT2D eigenvalue weighted by atomic mass is 10.0. The minimum absolute atomic E-state index is 0.0164. The lowest BCUT2D eigenvalue weighted by Crippen LogP contribution is -2.39. The van der Waals surface area contributed by atoms with Gasteiger partial charge >= 0.3 is 21.5 Å². The molecule has 1 heterocycles. The van der Waals surface area contributed by atoms with Gasteiger partial charge in [0, 0.05) is 21.3 Å². The minimum atomic E-state index is -5.72. The maximum Gasteiger partial charge on any atom is 0.511 e. The number of rotatable bonds is 3. The van der Waals surface area contributed by atoms with E-state index in [0.29, 0.717) is 0 Å². The fourth-order valence-corrected chi connectivity index (χ4v) is 3.16. The standard InChI is InChI=1S/C11H7Cl2F3N2O4S/c12-4-1-5(13)9-6(2-4)17-8(10(19)20)3-7(9)18-23(21,22)11(14,15)16/h1-3,7,17-18H,(H,19,20). The maximum absolute atomic E-state index is 12.5. The van der Waals surface area contributed by atoms with Crippen molar-refractivity contribution in [3.63, 3.8) is 0 Å². The van der Waals surface area contributed by atoms with Gasteiger partial charge in [-0.2, -0.15) is 17.9 Å². The number of aliphatic carboxylic acids is 1. The minimum Gasteiger partial charge on any atom is -0.477 e. The highest BCUT2D eigenvalue weighted by molar-refractivity contribution is 7.90. The van der Waals surface area contributed by atoms with Crippen LogP contribution in [0.5, 0.6) is 0 Å². The first kappa shape index (κ1) is 17.9. The van der Waals surface area contributed by atoms with E-state index in [0.717, 1.165) is 6.08 Å². The van der Waals surface area contributed by atoms with Gasteiger partial charge in [-0.25, -0.2) is 13.2 Å². The molecule has 1 atom stereocenters. The number of sulfonamides is 1. The predicted molar refractivity (Wildman–Crippen MR) is 76.7 cm³/mol. The van der Waals surface area contributed by atoms with E-state index in [9.17, 15) is 26.4 Å². The molecule has 0 radical (unpaired) electrons. The SMILES string of the molecule is O=C(O)C1=CC(NS(=O)(=O)C(F)(F)F)c2c(Cl)cc(Cl)cc2N1. The molecule has 12 heteroatoms. The van der Waals surface area contributed by atoms with Crippen molar-refractivity contribution < 1.29 is 31.5 Å². The van der Waals surface area contributed by atoms with Crippen LogP contribution in [-0.4, -0.2) is 25.0 Å². The normalized spacial score (nSPS) is 18.0. The van der Waals surface area contributed by atoms with Crippen molar-refractivity contribution in [1.29, 1.82) is 0 Å². The average molecular weight is 391 g/mol. The highest BCUT2D eigenvalue weighted by Gasteiger charge is 2.47. The third-order valence-electron chi connectivity index (χ3n) is 2.83. The fraction of sp³-hybridized carbons (Fsp3) is 0.182. The van der Waals surface area contributed by atoms with Crippen LogP contribution in [0.25, 0.3) is 0 Å². The molecule has 1 aromatic carbocycles. The average Bonchev–Trinajstić information content (AvgIpc) is 2.35. The van der Waals surface area contributed by atoms with Gasteiger partial charge in [-0.05, 0) is 18.2 Å². The second-order valence-corrected chi connectivity index (χ2v) is 6.95. The number of nitrogens with one attached hydrogen (secondary N) is 2. The van der Waals surface area contributed by atoms with Gasteiger partial charge in [-0.15, -0.1) is 0 Å². The first-order chi connectivity index (χ1) is 10.4. The molecule has 0 aliphatic carbocycles. The molecule has 23 heavy (non-hydrogen) atoms. The Balaban J connectivity index is 2.57. The van der Waals surface area contributed by atoms with Crippen LogP contribution in [0.4, 0.5) is 18.9 Å². The summed E-state index contributed by atoms with van der Waals surface area (Å²) < 4.78 is 61.5. The number of fused-ring (bicyclic) bond motifs is 1. The Bertz CT molecular complexity index is 808. The van der Waals surface area contributed by atoms with Crippen molar-refractivity contribution in [3.8, 4) is 0 Å². The topological polar surface area (TPSA) is 95.5 Å². The van der Waals surface area contributed by atoms with E-state index in [1.54, 1.807) is 0 Å². The summed E-state index contributed by atoms with van der Waals surface area (Å²) in [5.74, 6) is -1.50. The summed E-state index contributed by atoms with van der Waals surface area (Å²) in [5, 5.41) is 11.4. The highest BCUT2D eigenvalue weighted by Crippen LogP contribution is 2.39. The smallest absolute Gasteiger partial charge is 0.477 e. The molecule has 126 valence electrons. The zero-order chi connectivity index (χ0) is 17.6. The summed E-state index contributed by atoms with van der Waals surface area (Å²) in [6.45, 7) is 0. The summed E-state index contributed by atoms with van der Waals surface area (Å²) >= 11 is 11.6. The van der Waals surface area contributed by atoms with Gasteiger partial charge in [0.05, 0.1) is 6.04 Å². The van der Waals surface area contributed by atoms with E-state index < -0.39 is 33.2 Å². The Hall–Kier alpha value is -1.49. The van der Waals surface area contributed by atoms with E-state index in [2.05, 4.69) is 5.32 Å². The Morgan fingerprint density at radius 1 is 1.30 bits per heavy atom. The van der Waals surface area contributed by atoms with Crippen molar-refractivity contribution in [2.24, 2.45) is 0 Å². The van der Waals surface area contributed by atoms with Gasteiger partial charge in [0.15, 0.2) is 0 Å². The third kappa shape index (κ3) is 3.55. The van der Waals surface area contributed by atoms with Crippen LogP contribution in [0, 0.1) is 0 Å². The number of hydrogen-bond donors (Lipinski definition) is 3. The lowest BCUT2D eigenvalue weighted by molar-refractivity contribution is -0.132. The summed E-state index contributed by atoms with van der Waals surface area (Å²) in [7, 11) is -5.72. The largest absolute Gasteiger partial charge is 0.511 e. The molecule has 0 bridgehead atoms. The molecule has 3 N–H and O–H groups in total. The molecule has 6 nitrogen and oxygen atoms in total. The van der Waals surface area contributed by atoms with Gasteiger partial charge in [0.2, 0.25) is 0 Å². The fourth-order valence-electron chi connectivity index (χ4n) is 1.89. The molecule has 1 unspecified atom stereocenters. The zero-order valence-corrected chi connectivity index (χ0v) is 13.1. The molecule has 0 spiro atoms. The molecule has 1 aromatic rings. The van der Waals surface area contributed by atoms with Crippen LogP contribution in [0.15, 0.2) is 23.9 Å². The monoisotopic (exact) mass is 390 g/mol. The van der Waals surface area contributed by atoms with Gasteiger partial charge in [0.1, 0.15) is 5.70 Å². The first-order valence-electron chi connectivity index (χ1n) is 5.72. The van der Waals surface area contributed by atoms with Crippen LogP contribution >= 0.6 is 23.2 Å². The van der Waals surface area contributed by atoms with Crippen LogP contribution in [0.2, 0.25) is 10.0 Å². The Kier molecular flexibility index (Phi) is 4.55. The summed E-state index contributed by atoms with van der Waals surface area (Å²) in [4.78, 5) is 11.0. The Morgan fingerprint density at radius 2 is 1.91 bits per heavy atom. The summed E-state index contributed by atoms with van der Waals surface area (Å²) in [6.07, 6.45) is 0.772. The van der Waals surface area contributed by atoms with Crippen LogP contribution in [-0.2, 0) is 14.8 Å². The Morgan fingerprint density at radius 3 is 2.43 bits per heavy atom. The molecular weight excluding hydrogens is 384 g/mol. The Labute approximate surface area is 137 Å². The van der Waals surface area contributed by atoms with Crippen molar-refractivity contribution in [2.45, 2.75) is 11.6 Å².